The molecule has 0 bridgehead atoms. The van der Waals surface area contributed by atoms with Crippen molar-refractivity contribution in [2.24, 2.45) is 5.41 Å². The molecule has 69 heavy (non-hydrogen) atoms. The van der Waals surface area contributed by atoms with Gasteiger partial charge >= 0.3 is 11.9 Å². The van der Waals surface area contributed by atoms with Gasteiger partial charge in [0.1, 0.15) is 22.8 Å². The third-order valence-electron chi connectivity index (χ3n) is 12.9. The lowest BCUT2D eigenvalue weighted by Crippen LogP contribution is -2.48. The maximum atomic E-state index is 14.7. The third-order valence-corrected chi connectivity index (χ3v) is 15.0. The second-order valence-electron chi connectivity index (χ2n) is 17.7. The summed E-state index contributed by atoms with van der Waals surface area (Å²) in [5.41, 5.74) is 0.198. The molecule has 0 radical (unpaired) electrons. The van der Waals surface area contributed by atoms with Crippen molar-refractivity contribution in [1.29, 1.82) is 0 Å². The fourth-order valence-corrected chi connectivity index (χ4v) is 10.8. The lowest BCUT2D eigenvalue weighted by Gasteiger charge is -2.39. The Morgan fingerprint density at radius 3 is 1.57 bits per heavy atom. The predicted molar refractivity (Wildman–Crippen MR) is 274 cm³/mol. The van der Waals surface area contributed by atoms with Gasteiger partial charge < -0.3 is 32.9 Å². The summed E-state index contributed by atoms with van der Waals surface area (Å²) in [4.78, 5) is 28.9. The number of esters is 2. The minimum Gasteiger partial charge on any atom is -0.497 e. The Balaban J connectivity index is 1.10. The summed E-state index contributed by atoms with van der Waals surface area (Å²) in [6.07, 6.45) is 2.62. The van der Waals surface area contributed by atoms with E-state index in [4.69, 9.17) is 37.5 Å². The average Bonchev–Trinajstić information content (AvgIpc) is 3.37. The van der Waals surface area contributed by atoms with E-state index in [2.05, 4.69) is 87.0 Å². The number of rotatable bonds is 25. The number of benzene rings is 7. The summed E-state index contributed by atoms with van der Waals surface area (Å²) >= 11 is 0. The first-order valence-corrected chi connectivity index (χ1v) is 25.0. The predicted octanol–water partition coefficient (Wildman–Crippen LogP) is 12.8. The molecular formula is C57H66NO10P. The number of hydrogen-bond donors (Lipinski definition) is 0. The number of methoxy groups -OCH3 is 3. The van der Waals surface area contributed by atoms with E-state index in [-0.39, 0.29) is 25.1 Å². The van der Waals surface area contributed by atoms with Gasteiger partial charge in [0.15, 0.2) is 12.2 Å². The zero-order valence-corrected chi connectivity index (χ0v) is 42.3. The standard InChI is InChI=1S/C57H66NO10P/c1-10-56(54(59)64-11-2,37-66-57(45-23-29-48(61-7)30-24-45,46-25-31-49(62-8)32-26-46)47-27-33-50(63-9)34-28-47)55(60)65-38-68-69(58(39(3)4)40(5)6)67-36-13-12-15-41-18-19-44-21-20-42-16-14-17-43-22-35-51(41)53(44)52(42)43/h14,16-35,39-40H,10-13,15,36-38H2,1-9H3. The summed E-state index contributed by atoms with van der Waals surface area (Å²) in [5.74, 6) is 0.340. The molecule has 364 valence electrons. The zero-order valence-electron chi connectivity index (χ0n) is 41.4. The van der Waals surface area contributed by atoms with Crippen LogP contribution in [0.2, 0.25) is 0 Å². The summed E-state index contributed by atoms with van der Waals surface area (Å²) in [7, 11) is 3.13. The minimum atomic E-state index is -1.89. The topological polar surface area (TPSA) is 111 Å². The van der Waals surface area contributed by atoms with Crippen LogP contribution in [0.15, 0.2) is 127 Å². The molecule has 0 heterocycles. The van der Waals surface area contributed by atoms with Crippen LogP contribution in [0.4, 0.5) is 0 Å². The van der Waals surface area contributed by atoms with Crippen LogP contribution in [-0.2, 0) is 44.9 Å². The van der Waals surface area contributed by atoms with E-state index in [0.29, 0.717) is 40.5 Å². The molecule has 0 N–H and O–H groups in total. The van der Waals surface area contributed by atoms with E-state index in [0.717, 1.165) is 19.3 Å². The molecule has 0 saturated carbocycles. The van der Waals surface area contributed by atoms with Crippen LogP contribution in [0.25, 0.3) is 32.3 Å². The largest absolute Gasteiger partial charge is 0.497 e. The molecule has 0 saturated heterocycles. The van der Waals surface area contributed by atoms with Crippen LogP contribution in [0.1, 0.15) is 83.1 Å². The van der Waals surface area contributed by atoms with Crippen LogP contribution in [0, 0.1) is 5.41 Å². The number of nitrogens with zero attached hydrogens (tertiary/aromatic N) is 1. The fourth-order valence-electron chi connectivity index (χ4n) is 9.30. The first kappa shape index (κ1) is 51.1. The van der Waals surface area contributed by atoms with Crippen molar-refractivity contribution in [2.45, 2.75) is 84.9 Å². The molecule has 0 aliphatic heterocycles. The molecular weight excluding hydrogens is 890 g/mol. The highest BCUT2D eigenvalue weighted by Crippen LogP contribution is 2.47. The van der Waals surface area contributed by atoms with Gasteiger partial charge in [0, 0.05) is 12.1 Å². The molecule has 0 fully saturated rings. The van der Waals surface area contributed by atoms with E-state index in [1.54, 1.807) is 35.2 Å². The fraction of sp³-hybridized carbons (Fsp3) is 0.368. The van der Waals surface area contributed by atoms with Gasteiger partial charge in [-0.2, -0.15) is 0 Å². The third kappa shape index (κ3) is 10.8. The van der Waals surface area contributed by atoms with Crippen molar-refractivity contribution >= 4 is 52.8 Å². The van der Waals surface area contributed by atoms with Gasteiger partial charge in [-0.05, 0) is 151 Å². The van der Waals surface area contributed by atoms with Crippen LogP contribution in [0.5, 0.6) is 17.2 Å². The molecule has 0 aromatic heterocycles. The van der Waals surface area contributed by atoms with Crippen molar-refractivity contribution in [2.75, 3.05) is 47.9 Å². The number of unbranched alkanes of at least 4 members (excludes halogenated alkanes) is 1. The van der Waals surface area contributed by atoms with Gasteiger partial charge in [0.2, 0.25) is 0 Å². The van der Waals surface area contributed by atoms with E-state index in [1.165, 1.54) is 37.9 Å². The van der Waals surface area contributed by atoms with Crippen molar-refractivity contribution in [3.8, 4) is 17.2 Å². The molecule has 12 heteroatoms. The van der Waals surface area contributed by atoms with Crippen LogP contribution in [0.3, 0.4) is 0 Å². The second kappa shape index (κ2) is 23.2. The molecule has 0 aliphatic rings. The van der Waals surface area contributed by atoms with Gasteiger partial charge in [-0.1, -0.05) is 97.9 Å². The molecule has 7 rings (SSSR count). The van der Waals surface area contributed by atoms with Crippen molar-refractivity contribution < 1.29 is 47.1 Å². The number of aryl methyl sites for hydroxylation is 1. The molecule has 2 atom stereocenters. The average molecular weight is 956 g/mol. The number of hydrogen-bond acceptors (Lipinski definition) is 11. The van der Waals surface area contributed by atoms with Gasteiger partial charge in [0.25, 0.3) is 8.53 Å². The molecule has 0 amide bonds. The lowest BCUT2D eigenvalue weighted by atomic mass is 9.79. The van der Waals surface area contributed by atoms with Crippen LogP contribution < -0.4 is 14.2 Å². The Kier molecular flexibility index (Phi) is 17.2. The monoisotopic (exact) mass is 955 g/mol. The van der Waals surface area contributed by atoms with E-state index in [1.807, 2.05) is 72.8 Å². The smallest absolute Gasteiger partial charge is 0.328 e. The van der Waals surface area contributed by atoms with Crippen LogP contribution in [-0.4, -0.2) is 76.6 Å². The van der Waals surface area contributed by atoms with Crippen molar-refractivity contribution in [3.63, 3.8) is 0 Å². The Bertz CT molecular complexity index is 2620. The van der Waals surface area contributed by atoms with Gasteiger partial charge in [-0.15, -0.1) is 0 Å². The Labute approximate surface area is 408 Å². The molecule has 0 aliphatic carbocycles. The highest BCUT2D eigenvalue weighted by atomic mass is 31.2. The molecule has 2 unspecified atom stereocenters. The first-order valence-electron chi connectivity index (χ1n) is 23.9. The van der Waals surface area contributed by atoms with Gasteiger partial charge in [-0.25, -0.2) is 4.67 Å². The first-order chi connectivity index (χ1) is 33.4. The van der Waals surface area contributed by atoms with E-state index >= 15 is 0 Å². The Hall–Kier alpha value is -5.81. The lowest BCUT2D eigenvalue weighted by molar-refractivity contribution is -0.184. The van der Waals surface area contributed by atoms with Crippen molar-refractivity contribution in [1.82, 2.24) is 4.67 Å². The number of carbonyl (C=O) groups excluding carboxylic acids is 2. The molecule has 7 aromatic rings. The van der Waals surface area contributed by atoms with E-state index < -0.39 is 44.9 Å². The quantitative estimate of drug-likeness (QED) is 0.0104. The maximum Gasteiger partial charge on any atom is 0.328 e. The number of ether oxygens (including phenoxy) is 6. The number of carbonyl (C=O) groups is 2. The highest BCUT2D eigenvalue weighted by Gasteiger charge is 2.51. The SMILES string of the molecule is CCOC(=O)C(CC)(COC(c1ccc(OC)cc1)(c1ccc(OC)cc1)c1ccc(OC)cc1)C(=O)OCOP(OCCCCc1ccc2ccc3cccc4ccc1c2c34)N(C(C)C)C(C)C. The molecule has 11 nitrogen and oxygen atoms in total. The van der Waals surface area contributed by atoms with Gasteiger partial charge in [0.05, 0.1) is 41.2 Å². The normalized spacial score (nSPS) is 13.3. The summed E-state index contributed by atoms with van der Waals surface area (Å²) in [6, 6.07) is 42.5. The second-order valence-corrected chi connectivity index (χ2v) is 19.1. The molecule has 0 spiro atoms. The minimum absolute atomic E-state index is 0.00998. The Morgan fingerprint density at radius 1 is 0.580 bits per heavy atom. The van der Waals surface area contributed by atoms with Crippen LogP contribution >= 0.6 is 8.53 Å². The maximum absolute atomic E-state index is 14.7. The summed E-state index contributed by atoms with van der Waals surface area (Å²) in [6.45, 7) is 11.4. The van der Waals surface area contributed by atoms with E-state index in [9.17, 15) is 9.59 Å². The zero-order chi connectivity index (χ0) is 49.1. The molecule has 7 aromatic carbocycles. The highest BCUT2D eigenvalue weighted by molar-refractivity contribution is 7.44. The van der Waals surface area contributed by atoms with Gasteiger partial charge in [-0.3, -0.25) is 14.1 Å². The summed E-state index contributed by atoms with van der Waals surface area (Å²) in [5, 5.41) is 7.69. The Morgan fingerprint density at radius 2 is 1.07 bits per heavy atom. The van der Waals surface area contributed by atoms with Crippen molar-refractivity contribution in [3.05, 3.63) is 150 Å². The summed E-state index contributed by atoms with van der Waals surface area (Å²) < 4.78 is 50.4.